The fraction of sp³-hybridized carbons (Fsp3) is 0.667. The van der Waals surface area contributed by atoms with E-state index in [-0.39, 0.29) is 19.1 Å². The average Bonchev–Trinajstić information content (AvgIpc) is 3.41. The number of amides is 1. The minimum atomic E-state index is -4.38. The van der Waals surface area contributed by atoms with E-state index in [0.29, 0.717) is 23.9 Å². The van der Waals surface area contributed by atoms with E-state index in [2.05, 4.69) is 141 Å². The summed E-state index contributed by atoms with van der Waals surface area (Å²) in [6.45, 7) is 4.66. The fourth-order valence-electron chi connectivity index (χ4n) is 8.46. The van der Waals surface area contributed by atoms with E-state index in [1.165, 1.54) is 122 Å². The number of nitrogens with one attached hydrogen (secondary N) is 1. The topological polar surface area (TPSA) is 105 Å². The Morgan fingerprint density at radius 1 is 0.449 bits per heavy atom. The van der Waals surface area contributed by atoms with Crippen LogP contribution in [0, 0.1) is 0 Å². The van der Waals surface area contributed by atoms with Crippen LogP contribution in [0.15, 0.2) is 134 Å². The van der Waals surface area contributed by atoms with Crippen LogP contribution in [-0.2, 0) is 18.4 Å². The van der Waals surface area contributed by atoms with Crippen LogP contribution < -0.4 is 5.32 Å². The van der Waals surface area contributed by atoms with E-state index in [9.17, 15) is 19.4 Å². The van der Waals surface area contributed by atoms with Gasteiger partial charge in [-0.1, -0.05) is 270 Å². The molecule has 0 spiro atoms. The van der Waals surface area contributed by atoms with Crippen LogP contribution in [-0.4, -0.2) is 73.4 Å². The van der Waals surface area contributed by atoms with Crippen LogP contribution >= 0.6 is 7.82 Å². The number of unbranched alkanes of at least 4 members (excludes halogenated alkanes) is 23. The summed E-state index contributed by atoms with van der Waals surface area (Å²) in [7, 11) is 1.51. The van der Waals surface area contributed by atoms with Crippen LogP contribution in [0.2, 0.25) is 0 Å². The van der Waals surface area contributed by atoms with E-state index < -0.39 is 20.0 Å². The predicted molar refractivity (Wildman–Crippen MR) is 341 cm³/mol. The first-order chi connectivity index (χ1) is 38.0. The van der Waals surface area contributed by atoms with E-state index in [1.807, 2.05) is 27.2 Å². The van der Waals surface area contributed by atoms with Crippen molar-refractivity contribution in [3.63, 3.8) is 0 Å². The minimum Gasteiger partial charge on any atom is -0.387 e. The lowest BCUT2D eigenvalue weighted by atomic mass is 10.0. The lowest BCUT2D eigenvalue weighted by Crippen LogP contribution is -2.45. The molecule has 0 aliphatic carbocycles. The summed E-state index contributed by atoms with van der Waals surface area (Å²) in [5, 5.41) is 13.9. The summed E-state index contributed by atoms with van der Waals surface area (Å²) in [5.41, 5.74) is 0. The summed E-state index contributed by atoms with van der Waals surface area (Å²) in [5.74, 6) is -0.223. The van der Waals surface area contributed by atoms with Gasteiger partial charge in [0.05, 0.1) is 39.9 Å². The fourth-order valence-corrected chi connectivity index (χ4v) is 9.20. The van der Waals surface area contributed by atoms with E-state index in [1.54, 1.807) is 6.08 Å². The highest BCUT2D eigenvalue weighted by atomic mass is 31.2. The zero-order valence-corrected chi connectivity index (χ0v) is 51.7. The van der Waals surface area contributed by atoms with Gasteiger partial charge in [0.2, 0.25) is 5.91 Å². The molecule has 3 N–H and O–H groups in total. The number of nitrogens with zero attached hydrogens (tertiary/aromatic N) is 1. The predicted octanol–water partition coefficient (Wildman–Crippen LogP) is 19.9. The van der Waals surface area contributed by atoms with Crippen LogP contribution in [0.3, 0.4) is 0 Å². The molecule has 0 fully saturated rings. The van der Waals surface area contributed by atoms with Gasteiger partial charge in [0.25, 0.3) is 0 Å². The molecule has 8 nitrogen and oxygen atoms in total. The molecule has 3 atom stereocenters. The molecule has 0 saturated carbocycles. The number of quaternary nitrogens is 1. The van der Waals surface area contributed by atoms with Gasteiger partial charge in [0, 0.05) is 6.42 Å². The maximum atomic E-state index is 13.0. The lowest BCUT2D eigenvalue weighted by molar-refractivity contribution is -0.870. The molecule has 78 heavy (non-hydrogen) atoms. The summed E-state index contributed by atoms with van der Waals surface area (Å²) in [6.07, 6.45) is 88.6. The number of carbonyl (C=O) groups is 1. The monoisotopic (exact) mass is 1100 g/mol. The van der Waals surface area contributed by atoms with Gasteiger partial charge < -0.3 is 19.8 Å². The van der Waals surface area contributed by atoms with E-state index in [0.717, 1.165) is 96.3 Å². The molecule has 0 aromatic rings. The highest BCUT2D eigenvalue weighted by molar-refractivity contribution is 7.47. The number of hydrogen-bond donors (Lipinski definition) is 3. The van der Waals surface area contributed by atoms with Gasteiger partial charge in [-0.15, -0.1) is 0 Å². The molecule has 9 heteroatoms. The maximum Gasteiger partial charge on any atom is 0.472 e. The first-order valence-corrected chi connectivity index (χ1v) is 33.1. The molecule has 0 rings (SSSR count). The van der Waals surface area contributed by atoms with Crippen molar-refractivity contribution in [2.75, 3.05) is 40.9 Å². The highest BCUT2D eigenvalue weighted by Crippen LogP contribution is 2.43. The number of phosphoric acid groups is 1. The molecule has 0 aromatic carbocycles. The normalized spacial score (nSPS) is 14.7. The van der Waals surface area contributed by atoms with E-state index >= 15 is 0 Å². The van der Waals surface area contributed by atoms with Crippen LogP contribution in [0.4, 0.5) is 0 Å². The standard InChI is InChI=1S/C69H119N2O6P/c1-6-8-10-12-14-16-18-20-22-24-26-28-30-32-33-34-35-36-37-39-41-43-45-47-49-51-53-55-57-59-61-63-69(73)70-67(66-77-78(74,75)76-65-64-71(3,4)5)68(72)62-60-58-56-54-52-50-48-46-44-42-40-38-31-29-27-25-23-21-19-17-15-13-11-9-7-2/h8,10,14,16,20,22,26,28,32-33,35-36,39,41,45,47,51-54,60,62,67-68,72H,6-7,9,11-13,15,17-19,21,23-25,27,29-31,34,37-38,40,42-44,46,48-50,55-59,61,63-66H2,1-5H3,(H-,70,73,74,75)/p+1/b10-8-,16-14-,22-20-,28-26-,33-32-,36-35-,41-39-,47-45-,53-51-,54-52+,62-60+. The van der Waals surface area contributed by atoms with Gasteiger partial charge in [-0.2, -0.15) is 0 Å². The third kappa shape index (κ3) is 60.3. The zero-order valence-electron chi connectivity index (χ0n) is 50.9. The van der Waals surface area contributed by atoms with Crippen molar-refractivity contribution in [2.45, 2.75) is 257 Å². The van der Waals surface area contributed by atoms with Crippen molar-refractivity contribution in [3.05, 3.63) is 134 Å². The van der Waals surface area contributed by atoms with Crippen LogP contribution in [0.5, 0.6) is 0 Å². The van der Waals surface area contributed by atoms with Crippen molar-refractivity contribution >= 4 is 13.7 Å². The number of likely N-dealkylation sites (N-methyl/N-ethyl adjacent to an activating group) is 1. The second kappa shape index (κ2) is 58.3. The first-order valence-electron chi connectivity index (χ1n) is 31.6. The number of aliphatic hydroxyl groups excluding tert-OH is 1. The Bertz CT molecular complexity index is 1730. The smallest absolute Gasteiger partial charge is 0.387 e. The van der Waals surface area contributed by atoms with Crippen LogP contribution in [0.1, 0.15) is 245 Å². The quantitative estimate of drug-likeness (QED) is 0.0243. The van der Waals surface area contributed by atoms with Crippen molar-refractivity contribution in [3.8, 4) is 0 Å². The molecule has 0 aliphatic heterocycles. The van der Waals surface area contributed by atoms with Crippen molar-refractivity contribution in [1.29, 1.82) is 0 Å². The average molecular weight is 1100 g/mol. The van der Waals surface area contributed by atoms with Gasteiger partial charge in [-0.3, -0.25) is 13.8 Å². The van der Waals surface area contributed by atoms with Gasteiger partial charge in [-0.25, -0.2) is 4.57 Å². The number of aliphatic hydroxyl groups is 1. The molecule has 0 heterocycles. The molecule has 446 valence electrons. The highest BCUT2D eigenvalue weighted by Gasteiger charge is 2.27. The first kappa shape index (κ1) is 74.6. The van der Waals surface area contributed by atoms with Crippen molar-refractivity contribution in [2.24, 2.45) is 0 Å². The summed E-state index contributed by atoms with van der Waals surface area (Å²) >= 11 is 0. The van der Waals surface area contributed by atoms with E-state index in [4.69, 9.17) is 9.05 Å². The molecule has 0 bridgehead atoms. The summed E-state index contributed by atoms with van der Waals surface area (Å²) in [4.78, 5) is 23.3. The number of phosphoric ester groups is 1. The molecule has 0 radical (unpaired) electrons. The summed E-state index contributed by atoms with van der Waals surface area (Å²) < 4.78 is 23.7. The Labute approximate surface area is 481 Å². The molecular weight excluding hydrogens is 984 g/mol. The Morgan fingerprint density at radius 2 is 0.782 bits per heavy atom. The second-order valence-corrected chi connectivity index (χ2v) is 23.5. The summed E-state index contributed by atoms with van der Waals surface area (Å²) in [6, 6.07) is -0.893. The Morgan fingerprint density at radius 3 is 1.18 bits per heavy atom. The SMILES string of the molecule is CC/C=C\C/C=C\C/C=C\C/C=C\C/C=C\C/C=C\C/C=C\C/C=C\C/C=C\CCCCCC(=O)NC(COP(=O)(O)OCC[N+](C)(C)C)C(O)/C=C/CC/C=C/CCCCCCCCCCCCCCCCCCCCC. The lowest BCUT2D eigenvalue weighted by Gasteiger charge is -2.25. The Hall–Kier alpha value is -3.36. The molecule has 3 unspecified atom stereocenters. The van der Waals surface area contributed by atoms with Crippen molar-refractivity contribution in [1.82, 2.24) is 5.32 Å². The number of rotatable bonds is 56. The van der Waals surface area contributed by atoms with Gasteiger partial charge in [0.1, 0.15) is 13.2 Å². The van der Waals surface area contributed by atoms with Crippen LogP contribution in [0.25, 0.3) is 0 Å². The van der Waals surface area contributed by atoms with Gasteiger partial charge >= 0.3 is 7.82 Å². The minimum absolute atomic E-state index is 0.0418. The number of carbonyl (C=O) groups excluding carboxylic acids is 1. The molecule has 1 amide bonds. The second-order valence-electron chi connectivity index (χ2n) is 22.0. The third-order valence-corrected chi connectivity index (χ3v) is 14.3. The zero-order chi connectivity index (χ0) is 57.0. The molecule has 0 aromatic heterocycles. The van der Waals surface area contributed by atoms with Gasteiger partial charge in [0.15, 0.2) is 0 Å². The molecular formula is C69H120N2O6P+. The van der Waals surface area contributed by atoms with Gasteiger partial charge in [-0.05, 0) is 103 Å². The number of hydrogen-bond acceptors (Lipinski definition) is 5. The third-order valence-electron chi connectivity index (χ3n) is 13.4. The molecule has 0 aliphatic rings. The Kier molecular flexibility index (Phi) is 55.8. The number of allylic oxidation sites excluding steroid dienone is 21. The Balaban J connectivity index is 4.33. The largest absolute Gasteiger partial charge is 0.472 e. The molecule has 0 saturated heterocycles. The van der Waals surface area contributed by atoms with Crippen molar-refractivity contribution < 1.29 is 32.9 Å². The maximum absolute atomic E-state index is 13.0.